The zero-order chi connectivity index (χ0) is 22.5. The van der Waals surface area contributed by atoms with E-state index >= 15 is 0 Å². The van der Waals surface area contributed by atoms with Crippen molar-refractivity contribution in [3.05, 3.63) is 45.1 Å². The third-order valence-corrected chi connectivity index (χ3v) is 4.91. The largest absolute Gasteiger partial charge is 0.481 e. The van der Waals surface area contributed by atoms with E-state index in [-0.39, 0.29) is 17.8 Å². The number of primary amides is 1. The van der Waals surface area contributed by atoms with E-state index in [4.69, 9.17) is 16.2 Å². The van der Waals surface area contributed by atoms with Gasteiger partial charge >= 0.3 is 5.69 Å². The number of aromatic amines is 1. The Morgan fingerprint density at radius 2 is 1.77 bits per heavy atom. The number of H-pyrrole nitrogens is 1. The maximum Gasteiger partial charge on any atom is 0.332 e. The number of imidazole rings is 1. The van der Waals surface area contributed by atoms with Crippen molar-refractivity contribution in [3.8, 4) is 17.1 Å². The Morgan fingerprint density at radius 1 is 1.13 bits per heavy atom. The van der Waals surface area contributed by atoms with E-state index in [1.165, 1.54) is 9.13 Å². The highest BCUT2D eigenvalue weighted by Crippen LogP contribution is 2.22. The number of nitrogens with two attached hydrogens (primary N) is 2. The summed E-state index contributed by atoms with van der Waals surface area (Å²) in [5.41, 5.74) is 11.5. The normalized spacial score (nSPS) is 12.2. The fraction of sp³-hybridized carbons (Fsp3) is 0.429. The molecule has 0 aliphatic rings. The van der Waals surface area contributed by atoms with Crippen molar-refractivity contribution in [1.29, 1.82) is 0 Å². The summed E-state index contributed by atoms with van der Waals surface area (Å²) in [6.07, 6.45) is 0.922. The number of benzene rings is 1. The first-order valence-electron chi connectivity index (χ1n) is 10.4. The molecular formula is C21H28N6O4. The molecule has 0 bridgehead atoms. The van der Waals surface area contributed by atoms with E-state index in [0.717, 1.165) is 6.42 Å². The van der Waals surface area contributed by atoms with Gasteiger partial charge in [0.2, 0.25) is 0 Å². The van der Waals surface area contributed by atoms with Crippen LogP contribution in [0.4, 0.5) is 0 Å². The topological polar surface area (TPSA) is 151 Å². The van der Waals surface area contributed by atoms with Gasteiger partial charge in [-0.3, -0.25) is 18.7 Å². The Hall–Kier alpha value is -3.40. The Morgan fingerprint density at radius 3 is 2.35 bits per heavy atom. The lowest BCUT2D eigenvalue weighted by Gasteiger charge is -2.15. The molecule has 0 saturated carbocycles. The number of carbonyl (C=O) groups excluding carboxylic acids is 1. The Bertz CT molecular complexity index is 1180. The lowest BCUT2D eigenvalue weighted by atomic mass is 10.2. The van der Waals surface area contributed by atoms with E-state index in [1.807, 2.05) is 13.8 Å². The monoisotopic (exact) mass is 428 g/mol. The molecule has 1 atom stereocenters. The van der Waals surface area contributed by atoms with Crippen molar-refractivity contribution in [3.63, 3.8) is 0 Å². The van der Waals surface area contributed by atoms with Gasteiger partial charge in [-0.1, -0.05) is 13.8 Å². The van der Waals surface area contributed by atoms with Gasteiger partial charge in [0.05, 0.1) is 0 Å². The number of hydrogen-bond donors (Lipinski definition) is 3. The minimum absolute atomic E-state index is 0.277. The fourth-order valence-electron chi connectivity index (χ4n) is 3.42. The smallest absolute Gasteiger partial charge is 0.332 e. The summed E-state index contributed by atoms with van der Waals surface area (Å²) in [6.45, 7) is 4.97. The first kappa shape index (κ1) is 22.3. The van der Waals surface area contributed by atoms with Crippen LogP contribution in [0.25, 0.3) is 22.6 Å². The number of aryl methyl sites for hydroxylation is 1. The van der Waals surface area contributed by atoms with Crippen LogP contribution < -0.4 is 27.5 Å². The summed E-state index contributed by atoms with van der Waals surface area (Å²) < 4.78 is 8.39. The molecule has 2 heterocycles. The number of rotatable bonds is 10. The molecule has 10 nitrogen and oxygen atoms in total. The number of carbonyl (C=O) groups is 1. The molecule has 2 aromatic heterocycles. The van der Waals surface area contributed by atoms with Crippen LogP contribution in [-0.2, 0) is 17.9 Å². The van der Waals surface area contributed by atoms with Gasteiger partial charge < -0.3 is 21.2 Å². The van der Waals surface area contributed by atoms with Gasteiger partial charge in [-0.2, -0.15) is 0 Å². The van der Waals surface area contributed by atoms with Crippen LogP contribution in [0, 0.1) is 0 Å². The summed E-state index contributed by atoms with van der Waals surface area (Å²) in [4.78, 5) is 44.7. The third-order valence-electron chi connectivity index (χ3n) is 4.91. The van der Waals surface area contributed by atoms with Crippen LogP contribution in [0.2, 0.25) is 0 Å². The molecule has 10 heteroatoms. The van der Waals surface area contributed by atoms with Gasteiger partial charge in [0.1, 0.15) is 17.1 Å². The highest BCUT2D eigenvalue weighted by molar-refractivity contribution is 5.79. The zero-order valence-corrected chi connectivity index (χ0v) is 17.8. The SMILES string of the molecule is CCCn1c(=O)c2[nH]c(-c3ccc(OC(CCN)C(N)=O)cc3)nc2n(CCC)c1=O. The van der Waals surface area contributed by atoms with Crippen molar-refractivity contribution in [2.45, 2.75) is 52.3 Å². The quantitative estimate of drug-likeness (QED) is 0.437. The number of amides is 1. The molecule has 0 aliphatic carbocycles. The fourth-order valence-corrected chi connectivity index (χ4v) is 3.42. The summed E-state index contributed by atoms with van der Waals surface area (Å²) in [5, 5.41) is 0. The van der Waals surface area contributed by atoms with Crippen LogP contribution >= 0.6 is 0 Å². The van der Waals surface area contributed by atoms with Crippen LogP contribution in [0.1, 0.15) is 33.1 Å². The molecular weight excluding hydrogens is 400 g/mol. The van der Waals surface area contributed by atoms with Crippen molar-refractivity contribution in [2.24, 2.45) is 11.5 Å². The minimum atomic E-state index is -0.803. The molecule has 31 heavy (non-hydrogen) atoms. The van der Waals surface area contributed by atoms with Gasteiger partial charge in [0.25, 0.3) is 11.5 Å². The number of hydrogen-bond acceptors (Lipinski definition) is 6. The average molecular weight is 428 g/mol. The van der Waals surface area contributed by atoms with E-state index in [2.05, 4.69) is 9.97 Å². The zero-order valence-electron chi connectivity index (χ0n) is 17.8. The number of nitrogens with zero attached hydrogens (tertiary/aromatic N) is 3. The first-order chi connectivity index (χ1) is 14.9. The first-order valence-corrected chi connectivity index (χ1v) is 10.4. The van der Waals surface area contributed by atoms with Crippen LogP contribution in [0.5, 0.6) is 5.75 Å². The molecule has 3 aromatic rings. The Labute approximate surface area is 178 Å². The summed E-state index contributed by atoms with van der Waals surface area (Å²) >= 11 is 0. The van der Waals surface area contributed by atoms with E-state index < -0.39 is 12.0 Å². The second-order valence-electron chi connectivity index (χ2n) is 7.29. The summed E-state index contributed by atoms with van der Waals surface area (Å²) in [5.74, 6) is 0.347. The van der Waals surface area contributed by atoms with Crippen molar-refractivity contribution >= 4 is 17.1 Å². The van der Waals surface area contributed by atoms with E-state index in [1.54, 1.807) is 24.3 Å². The van der Waals surface area contributed by atoms with Crippen molar-refractivity contribution in [1.82, 2.24) is 19.1 Å². The maximum absolute atomic E-state index is 12.8. The van der Waals surface area contributed by atoms with Gasteiger partial charge in [0, 0.05) is 25.1 Å². The predicted octanol–water partition coefficient (Wildman–Crippen LogP) is 0.955. The summed E-state index contributed by atoms with van der Waals surface area (Å²) in [6, 6.07) is 6.87. The molecule has 1 amide bonds. The molecule has 1 unspecified atom stereocenters. The van der Waals surface area contributed by atoms with Gasteiger partial charge in [-0.25, -0.2) is 9.78 Å². The molecule has 0 aliphatic heterocycles. The summed E-state index contributed by atoms with van der Waals surface area (Å²) in [7, 11) is 0. The lowest BCUT2D eigenvalue weighted by molar-refractivity contribution is -0.124. The number of aromatic nitrogens is 4. The average Bonchev–Trinajstić information content (AvgIpc) is 3.20. The number of ether oxygens (including phenoxy) is 1. The van der Waals surface area contributed by atoms with Crippen molar-refractivity contribution < 1.29 is 9.53 Å². The maximum atomic E-state index is 12.8. The van der Waals surface area contributed by atoms with Crippen molar-refractivity contribution in [2.75, 3.05) is 6.54 Å². The number of fused-ring (bicyclic) bond motifs is 1. The second kappa shape index (κ2) is 9.61. The number of nitrogens with one attached hydrogen (secondary N) is 1. The Kier molecular flexibility index (Phi) is 6.91. The second-order valence-corrected chi connectivity index (χ2v) is 7.29. The molecule has 0 radical (unpaired) electrons. The lowest BCUT2D eigenvalue weighted by Crippen LogP contribution is -2.40. The molecule has 166 valence electrons. The van der Waals surface area contributed by atoms with Gasteiger partial charge in [0.15, 0.2) is 11.8 Å². The van der Waals surface area contributed by atoms with Crippen LogP contribution in [-0.4, -0.2) is 37.7 Å². The van der Waals surface area contributed by atoms with Crippen LogP contribution in [0.3, 0.4) is 0 Å². The van der Waals surface area contributed by atoms with Gasteiger partial charge in [-0.15, -0.1) is 0 Å². The molecule has 0 saturated heterocycles. The van der Waals surface area contributed by atoms with E-state index in [9.17, 15) is 14.4 Å². The minimum Gasteiger partial charge on any atom is -0.481 e. The Balaban J connectivity index is 2.01. The molecule has 3 rings (SSSR count). The van der Waals surface area contributed by atoms with Gasteiger partial charge in [-0.05, 0) is 43.7 Å². The van der Waals surface area contributed by atoms with Crippen LogP contribution in [0.15, 0.2) is 33.9 Å². The predicted molar refractivity (Wildman–Crippen MR) is 118 cm³/mol. The molecule has 1 aromatic carbocycles. The highest BCUT2D eigenvalue weighted by atomic mass is 16.5. The standard InChI is InChI=1S/C21H28N6O4/c1-3-11-26-19-16(20(29)27(12-4-2)21(26)30)24-18(25-19)13-5-7-14(8-6-13)31-15(9-10-22)17(23)28/h5-8,15H,3-4,9-12,22H2,1-2H3,(H2,23,28)(H,24,25). The molecule has 0 fully saturated rings. The third kappa shape index (κ3) is 4.53. The molecule has 5 N–H and O–H groups in total. The van der Waals surface area contributed by atoms with E-state index in [0.29, 0.717) is 54.2 Å². The molecule has 0 spiro atoms. The highest BCUT2D eigenvalue weighted by Gasteiger charge is 2.18.